The van der Waals surface area contributed by atoms with Crippen molar-refractivity contribution in [1.29, 1.82) is 0 Å². The first-order valence-electron chi connectivity index (χ1n) is 3.21. The first-order valence-corrected chi connectivity index (χ1v) is 3.59. The van der Waals surface area contributed by atoms with Crippen molar-refractivity contribution < 1.29 is 5.11 Å². The van der Waals surface area contributed by atoms with Crippen LogP contribution in [-0.4, -0.2) is 14.9 Å². The van der Waals surface area contributed by atoms with Gasteiger partial charge >= 0.3 is 0 Å². The van der Waals surface area contributed by atoms with Gasteiger partial charge in [0.2, 0.25) is 0 Å². The minimum absolute atomic E-state index is 0.0774. The van der Waals surface area contributed by atoms with Crippen LogP contribution in [0.15, 0.2) is 6.20 Å². The predicted octanol–water partition coefficient (Wildman–Crippen LogP) is 1.58. The predicted molar refractivity (Wildman–Crippen MR) is 37.2 cm³/mol. The second-order valence-electron chi connectivity index (χ2n) is 2.50. The molecule has 1 saturated carbocycles. The third kappa shape index (κ3) is 0.778. The van der Waals surface area contributed by atoms with E-state index < -0.39 is 0 Å². The third-order valence-electron chi connectivity index (χ3n) is 1.61. The van der Waals surface area contributed by atoms with Crippen molar-refractivity contribution in [3.05, 3.63) is 11.3 Å². The molecule has 1 aromatic heterocycles. The van der Waals surface area contributed by atoms with Crippen molar-refractivity contribution in [2.75, 3.05) is 0 Å². The highest BCUT2D eigenvalue weighted by atomic mass is 35.5. The summed E-state index contributed by atoms with van der Waals surface area (Å²) in [6.45, 7) is 0. The van der Waals surface area contributed by atoms with Crippen molar-refractivity contribution in [2.24, 2.45) is 0 Å². The van der Waals surface area contributed by atoms with Gasteiger partial charge in [0.25, 0.3) is 0 Å². The third-order valence-corrected chi connectivity index (χ3v) is 1.98. The van der Waals surface area contributed by atoms with Crippen LogP contribution >= 0.6 is 11.6 Å². The van der Waals surface area contributed by atoms with Gasteiger partial charge in [-0.25, -0.2) is 4.68 Å². The summed E-state index contributed by atoms with van der Waals surface area (Å²) in [5, 5.41) is 13.3. The lowest BCUT2D eigenvalue weighted by atomic mass is 10.6. The number of halogens is 1. The first-order chi connectivity index (χ1) is 4.79. The van der Waals surface area contributed by atoms with Gasteiger partial charge in [0, 0.05) is 0 Å². The van der Waals surface area contributed by atoms with Crippen LogP contribution < -0.4 is 0 Å². The molecule has 3 nitrogen and oxygen atoms in total. The molecule has 0 bridgehead atoms. The summed E-state index contributed by atoms with van der Waals surface area (Å²) in [5.74, 6) is 0.0774. The number of hydrogen-bond donors (Lipinski definition) is 1. The maximum atomic E-state index is 9.00. The Morgan fingerprint density at radius 1 is 1.70 bits per heavy atom. The van der Waals surface area contributed by atoms with Crippen LogP contribution in [0.1, 0.15) is 18.9 Å². The smallest absolute Gasteiger partial charge is 0.173 e. The Labute approximate surface area is 63.2 Å². The molecule has 1 aliphatic carbocycles. The normalized spacial score (nSPS) is 17.7. The van der Waals surface area contributed by atoms with Gasteiger partial charge in [0.15, 0.2) is 10.9 Å². The summed E-state index contributed by atoms with van der Waals surface area (Å²) in [6, 6.07) is 0.438. The topological polar surface area (TPSA) is 38.1 Å². The summed E-state index contributed by atoms with van der Waals surface area (Å²) >= 11 is 5.69. The lowest BCUT2D eigenvalue weighted by Crippen LogP contribution is -1.94. The van der Waals surface area contributed by atoms with Crippen molar-refractivity contribution in [3.63, 3.8) is 0 Å². The molecule has 1 aliphatic rings. The quantitative estimate of drug-likeness (QED) is 0.674. The fraction of sp³-hybridized carbons (Fsp3) is 0.500. The fourth-order valence-electron chi connectivity index (χ4n) is 0.912. The molecular formula is C6H7ClN2O. The van der Waals surface area contributed by atoms with Gasteiger partial charge in [-0.1, -0.05) is 11.6 Å². The van der Waals surface area contributed by atoms with E-state index in [1.165, 1.54) is 6.20 Å². The van der Waals surface area contributed by atoms with E-state index in [9.17, 15) is 0 Å². The Balaban J connectivity index is 2.40. The average molecular weight is 159 g/mol. The monoisotopic (exact) mass is 158 g/mol. The largest absolute Gasteiger partial charge is 0.504 e. The zero-order valence-electron chi connectivity index (χ0n) is 5.29. The maximum absolute atomic E-state index is 9.00. The van der Waals surface area contributed by atoms with Crippen LogP contribution in [0.3, 0.4) is 0 Å². The molecule has 0 aliphatic heterocycles. The SMILES string of the molecule is Oc1cnn(C2CC2)c1Cl. The van der Waals surface area contributed by atoms with E-state index >= 15 is 0 Å². The number of rotatable bonds is 1. The molecule has 4 heteroatoms. The molecule has 0 aromatic carbocycles. The second-order valence-corrected chi connectivity index (χ2v) is 2.85. The van der Waals surface area contributed by atoms with Gasteiger partial charge in [0.1, 0.15) is 0 Å². The lowest BCUT2D eigenvalue weighted by Gasteiger charge is -1.96. The molecule has 0 spiro atoms. The van der Waals surface area contributed by atoms with Crippen LogP contribution in [0.4, 0.5) is 0 Å². The molecule has 0 atom stereocenters. The molecule has 54 valence electrons. The van der Waals surface area contributed by atoms with Crippen LogP contribution in [0, 0.1) is 0 Å². The lowest BCUT2D eigenvalue weighted by molar-refractivity contribution is 0.474. The summed E-state index contributed by atoms with van der Waals surface area (Å²) in [4.78, 5) is 0. The number of aromatic hydroxyl groups is 1. The maximum Gasteiger partial charge on any atom is 0.173 e. The Morgan fingerprint density at radius 2 is 2.40 bits per heavy atom. The van der Waals surface area contributed by atoms with Gasteiger partial charge in [-0.15, -0.1) is 0 Å². The standard InChI is InChI=1S/C6H7ClN2O/c7-6-5(10)3-8-9(6)4-1-2-4/h3-4,10H,1-2H2. The molecule has 0 saturated heterocycles. The van der Waals surface area contributed by atoms with Gasteiger partial charge in [-0.3, -0.25) is 0 Å². The Kier molecular flexibility index (Phi) is 1.14. The van der Waals surface area contributed by atoms with Gasteiger partial charge in [-0.2, -0.15) is 5.10 Å². The highest BCUT2D eigenvalue weighted by molar-refractivity contribution is 6.30. The molecule has 0 unspecified atom stereocenters. The van der Waals surface area contributed by atoms with Crippen LogP contribution in [0.5, 0.6) is 5.75 Å². The fourth-order valence-corrected chi connectivity index (χ4v) is 1.14. The molecule has 1 N–H and O–H groups in total. The number of aromatic nitrogens is 2. The highest BCUT2D eigenvalue weighted by Gasteiger charge is 2.27. The van der Waals surface area contributed by atoms with Gasteiger partial charge in [-0.05, 0) is 12.8 Å². The van der Waals surface area contributed by atoms with Gasteiger partial charge < -0.3 is 5.11 Å². The van der Waals surface area contributed by atoms with Crippen molar-refractivity contribution in [3.8, 4) is 5.75 Å². The molecule has 0 radical (unpaired) electrons. The van der Waals surface area contributed by atoms with E-state index in [0.717, 1.165) is 12.8 Å². The van der Waals surface area contributed by atoms with E-state index in [2.05, 4.69) is 5.10 Å². The summed E-state index contributed by atoms with van der Waals surface area (Å²) in [7, 11) is 0. The van der Waals surface area contributed by atoms with E-state index in [0.29, 0.717) is 11.2 Å². The van der Waals surface area contributed by atoms with E-state index in [4.69, 9.17) is 16.7 Å². The zero-order chi connectivity index (χ0) is 7.14. The summed E-state index contributed by atoms with van der Waals surface area (Å²) in [5.41, 5.74) is 0. The molecule has 1 fully saturated rings. The van der Waals surface area contributed by atoms with Gasteiger partial charge in [0.05, 0.1) is 12.2 Å². The van der Waals surface area contributed by atoms with E-state index in [1.807, 2.05) is 0 Å². The Bertz CT molecular complexity index is 254. The number of hydrogen-bond acceptors (Lipinski definition) is 2. The molecule has 10 heavy (non-hydrogen) atoms. The minimum Gasteiger partial charge on any atom is -0.504 e. The molecular weight excluding hydrogens is 152 g/mol. The van der Waals surface area contributed by atoms with Crippen molar-refractivity contribution in [2.45, 2.75) is 18.9 Å². The van der Waals surface area contributed by atoms with Crippen LogP contribution in [0.2, 0.25) is 5.15 Å². The minimum atomic E-state index is 0.0774. The zero-order valence-corrected chi connectivity index (χ0v) is 6.04. The van der Waals surface area contributed by atoms with E-state index in [1.54, 1.807) is 4.68 Å². The van der Waals surface area contributed by atoms with Crippen molar-refractivity contribution >= 4 is 11.6 Å². The molecule has 2 rings (SSSR count). The van der Waals surface area contributed by atoms with Crippen LogP contribution in [-0.2, 0) is 0 Å². The molecule has 1 heterocycles. The molecule has 1 aromatic rings. The van der Waals surface area contributed by atoms with Crippen molar-refractivity contribution in [1.82, 2.24) is 9.78 Å². The highest BCUT2D eigenvalue weighted by Crippen LogP contribution is 2.38. The Hall–Kier alpha value is -0.700. The second kappa shape index (κ2) is 1.89. The van der Waals surface area contributed by atoms with E-state index in [-0.39, 0.29) is 5.75 Å². The summed E-state index contributed by atoms with van der Waals surface area (Å²) < 4.78 is 1.66. The average Bonchev–Trinajstić information content (AvgIpc) is 2.67. The van der Waals surface area contributed by atoms with Crippen LogP contribution in [0.25, 0.3) is 0 Å². The first kappa shape index (κ1) is 6.04. The Morgan fingerprint density at radius 3 is 2.80 bits per heavy atom. The number of nitrogens with zero attached hydrogens (tertiary/aromatic N) is 2. The summed E-state index contributed by atoms with van der Waals surface area (Å²) in [6.07, 6.45) is 3.63. The molecule has 0 amide bonds.